The summed E-state index contributed by atoms with van der Waals surface area (Å²) in [6.45, 7) is 2.12. The zero-order valence-electron chi connectivity index (χ0n) is 10.8. The van der Waals surface area contributed by atoms with Crippen LogP contribution in [0.4, 0.5) is 5.69 Å². The summed E-state index contributed by atoms with van der Waals surface area (Å²) in [6, 6.07) is 9.06. The van der Waals surface area contributed by atoms with Crippen LogP contribution in [0.3, 0.4) is 0 Å². The van der Waals surface area contributed by atoms with E-state index >= 15 is 0 Å². The predicted octanol–water partition coefficient (Wildman–Crippen LogP) is 3.22. The van der Waals surface area contributed by atoms with E-state index in [-0.39, 0.29) is 0 Å². The maximum absolute atomic E-state index is 5.91. The van der Waals surface area contributed by atoms with Crippen molar-refractivity contribution in [3.63, 3.8) is 0 Å². The summed E-state index contributed by atoms with van der Waals surface area (Å²) in [5.41, 5.74) is 9.99. The van der Waals surface area contributed by atoms with Crippen molar-refractivity contribution in [2.24, 2.45) is 5.73 Å². The Morgan fingerprint density at radius 1 is 1.18 bits per heavy atom. The average Bonchev–Trinajstić information content (AvgIpc) is 2.33. The molecule has 0 amide bonds. The fourth-order valence-corrected chi connectivity index (χ4v) is 2.27. The minimum atomic E-state index is 0.414. The second-order valence-corrected chi connectivity index (χ2v) is 5.07. The van der Waals surface area contributed by atoms with E-state index in [0.717, 1.165) is 25.7 Å². The third-order valence-electron chi connectivity index (χ3n) is 3.49. The summed E-state index contributed by atoms with van der Waals surface area (Å²) >= 11 is 0. The molecule has 0 atom stereocenters. The molecule has 1 fully saturated rings. The molecule has 92 valence electrons. The van der Waals surface area contributed by atoms with Gasteiger partial charge in [0.25, 0.3) is 0 Å². The van der Waals surface area contributed by atoms with E-state index in [1.165, 1.54) is 16.8 Å². The number of nitrogens with zero attached hydrogens (tertiary/aromatic N) is 1. The fourth-order valence-electron chi connectivity index (χ4n) is 2.27. The monoisotopic (exact) mass is 230 g/mol. The summed E-state index contributed by atoms with van der Waals surface area (Å²) in [7, 11) is 2.12. The Morgan fingerprint density at radius 3 is 2.35 bits per heavy atom. The van der Waals surface area contributed by atoms with Crippen LogP contribution >= 0.6 is 0 Å². The number of nitrogens with two attached hydrogens (primary N) is 1. The van der Waals surface area contributed by atoms with Crippen LogP contribution in [0.2, 0.25) is 0 Å². The van der Waals surface area contributed by atoms with Gasteiger partial charge in [0.05, 0.1) is 0 Å². The van der Waals surface area contributed by atoms with Gasteiger partial charge in [-0.1, -0.05) is 23.3 Å². The van der Waals surface area contributed by atoms with E-state index in [0.29, 0.717) is 6.04 Å². The van der Waals surface area contributed by atoms with Crippen molar-refractivity contribution < 1.29 is 0 Å². The van der Waals surface area contributed by atoms with Gasteiger partial charge in [0.1, 0.15) is 0 Å². The molecule has 1 aromatic rings. The van der Waals surface area contributed by atoms with Crippen LogP contribution in [0.15, 0.2) is 36.0 Å². The van der Waals surface area contributed by atoms with E-state index in [9.17, 15) is 0 Å². The molecular formula is C15H22N2. The lowest BCUT2D eigenvalue weighted by atomic mass is 9.92. The van der Waals surface area contributed by atoms with Crippen molar-refractivity contribution in [3.8, 4) is 0 Å². The lowest BCUT2D eigenvalue weighted by molar-refractivity contribution is 0.510. The summed E-state index contributed by atoms with van der Waals surface area (Å²) in [5, 5.41) is 0. The molecule has 1 saturated carbocycles. The van der Waals surface area contributed by atoms with Gasteiger partial charge in [-0.25, -0.2) is 0 Å². The summed E-state index contributed by atoms with van der Waals surface area (Å²) in [4.78, 5) is 2.21. The van der Waals surface area contributed by atoms with Crippen LogP contribution in [0.25, 0.3) is 0 Å². The highest BCUT2D eigenvalue weighted by Gasteiger charge is 2.12. The fraction of sp³-hybridized carbons (Fsp3) is 0.467. The molecule has 0 aliphatic heterocycles. The van der Waals surface area contributed by atoms with Gasteiger partial charge in [-0.3, -0.25) is 0 Å². The van der Waals surface area contributed by atoms with E-state index in [2.05, 4.69) is 49.3 Å². The normalized spacial score (nSPS) is 20.2. The minimum Gasteiger partial charge on any atom is -0.351 e. The molecule has 0 radical (unpaired) electrons. The SMILES string of the molecule is Cc1ccc(N(C)C=C2CCC(N)CC2)cc1. The number of hydrogen-bond acceptors (Lipinski definition) is 2. The molecule has 17 heavy (non-hydrogen) atoms. The smallest absolute Gasteiger partial charge is 0.0403 e. The van der Waals surface area contributed by atoms with Crippen molar-refractivity contribution in [2.45, 2.75) is 38.6 Å². The number of anilines is 1. The van der Waals surface area contributed by atoms with Crippen LogP contribution in [0.5, 0.6) is 0 Å². The second kappa shape index (κ2) is 5.37. The number of hydrogen-bond donors (Lipinski definition) is 1. The van der Waals surface area contributed by atoms with Crippen LogP contribution < -0.4 is 10.6 Å². The first-order valence-corrected chi connectivity index (χ1v) is 6.40. The summed E-state index contributed by atoms with van der Waals surface area (Å²) in [5.74, 6) is 0. The van der Waals surface area contributed by atoms with Crippen LogP contribution in [0, 0.1) is 6.92 Å². The predicted molar refractivity (Wildman–Crippen MR) is 74.1 cm³/mol. The first-order valence-electron chi connectivity index (χ1n) is 6.40. The van der Waals surface area contributed by atoms with Gasteiger partial charge >= 0.3 is 0 Å². The van der Waals surface area contributed by atoms with Crippen molar-refractivity contribution in [2.75, 3.05) is 11.9 Å². The zero-order chi connectivity index (χ0) is 12.3. The zero-order valence-corrected chi connectivity index (χ0v) is 10.8. The van der Waals surface area contributed by atoms with Crippen molar-refractivity contribution >= 4 is 5.69 Å². The molecule has 2 nitrogen and oxygen atoms in total. The second-order valence-electron chi connectivity index (χ2n) is 5.07. The first kappa shape index (κ1) is 12.2. The lowest BCUT2D eigenvalue weighted by Crippen LogP contribution is -2.24. The van der Waals surface area contributed by atoms with Crippen LogP contribution in [0.1, 0.15) is 31.2 Å². The Morgan fingerprint density at radius 2 is 1.76 bits per heavy atom. The third-order valence-corrected chi connectivity index (χ3v) is 3.49. The molecule has 2 heteroatoms. The van der Waals surface area contributed by atoms with Crippen molar-refractivity contribution in [1.82, 2.24) is 0 Å². The van der Waals surface area contributed by atoms with Gasteiger partial charge in [0.2, 0.25) is 0 Å². The number of benzene rings is 1. The maximum atomic E-state index is 5.91. The highest BCUT2D eigenvalue weighted by atomic mass is 15.1. The Balaban J connectivity index is 2.03. The van der Waals surface area contributed by atoms with E-state index < -0.39 is 0 Å². The van der Waals surface area contributed by atoms with Gasteiger partial charge in [-0.05, 0) is 44.7 Å². The first-order chi connectivity index (χ1) is 8.15. The topological polar surface area (TPSA) is 29.3 Å². The molecule has 0 bridgehead atoms. The van der Waals surface area contributed by atoms with Crippen LogP contribution in [-0.2, 0) is 0 Å². The molecule has 0 spiro atoms. The van der Waals surface area contributed by atoms with Gasteiger partial charge in [-0.2, -0.15) is 0 Å². The largest absolute Gasteiger partial charge is 0.351 e. The molecule has 0 saturated heterocycles. The number of aryl methyl sites for hydroxylation is 1. The third kappa shape index (κ3) is 3.34. The number of allylic oxidation sites excluding steroid dienone is 1. The molecule has 0 heterocycles. The molecule has 2 rings (SSSR count). The standard InChI is InChI=1S/C15H22N2/c1-12-3-9-15(10-4-12)17(2)11-13-5-7-14(16)8-6-13/h3-4,9-11,14H,5-8,16H2,1-2H3. The van der Waals surface area contributed by atoms with E-state index in [1.54, 1.807) is 0 Å². The van der Waals surface area contributed by atoms with Gasteiger partial charge in [0, 0.05) is 25.0 Å². The maximum Gasteiger partial charge on any atom is 0.0403 e. The highest BCUT2D eigenvalue weighted by molar-refractivity contribution is 5.49. The quantitative estimate of drug-likeness (QED) is 0.845. The molecule has 2 N–H and O–H groups in total. The Labute approximate surface area is 104 Å². The van der Waals surface area contributed by atoms with E-state index in [1.807, 2.05) is 0 Å². The minimum absolute atomic E-state index is 0.414. The Kier molecular flexibility index (Phi) is 3.85. The van der Waals surface area contributed by atoms with Crippen molar-refractivity contribution in [1.29, 1.82) is 0 Å². The van der Waals surface area contributed by atoms with Gasteiger partial charge in [0.15, 0.2) is 0 Å². The molecule has 1 aliphatic carbocycles. The average molecular weight is 230 g/mol. The highest BCUT2D eigenvalue weighted by Crippen LogP contribution is 2.24. The summed E-state index contributed by atoms with van der Waals surface area (Å²) < 4.78 is 0. The van der Waals surface area contributed by atoms with E-state index in [4.69, 9.17) is 5.73 Å². The Hall–Kier alpha value is -1.28. The molecule has 0 aromatic heterocycles. The number of rotatable bonds is 2. The van der Waals surface area contributed by atoms with Gasteiger partial charge < -0.3 is 10.6 Å². The molecule has 1 aliphatic rings. The summed E-state index contributed by atoms with van der Waals surface area (Å²) in [6.07, 6.45) is 6.84. The van der Waals surface area contributed by atoms with Crippen molar-refractivity contribution in [3.05, 3.63) is 41.6 Å². The van der Waals surface area contributed by atoms with Gasteiger partial charge in [-0.15, -0.1) is 0 Å². The molecule has 1 aromatic carbocycles. The van der Waals surface area contributed by atoms with Crippen LogP contribution in [-0.4, -0.2) is 13.1 Å². The lowest BCUT2D eigenvalue weighted by Gasteiger charge is -2.23. The molecular weight excluding hydrogens is 208 g/mol. The molecule has 0 unspecified atom stereocenters. The Bertz CT molecular complexity index is 382.